The van der Waals surface area contributed by atoms with Gasteiger partial charge in [0.15, 0.2) is 0 Å². The van der Waals surface area contributed by atoms with Gasteiger partial charge < -0.3 is 9.84 Å². The molecule has 0 atom stereocenters. The quantitative estimate of drug-likeness (QED) is 0.909. The minimum absolute atomic E-state index is 0.0733. The molecule has 0 radical (unpaired) electrons. The number of halogens is 3. The highest BCUT2D eigenvalue weighted by molar-refractivity contribution is 7.99. The molecule has 21 heavy (non-hydrogen) atoms. The fraction of sp³-hybridized carbons (Fsp3) is 0.200. The number of hydrogen-bond donors (Lipinski definition) is 1. The van der Waals surface area contributed by atoms with Crippen molar-refractivity contribution < 1.29 is 23.0 Å². The summed E-state index contributed by atoms with van der Waals surface area (Å²) in [7, 11) is 1.47. The second-order valence-electron chi connectivity index (χ2n) is 4.24. The van der Waals surface area contributed by atoms with Crippen molar-refractivity contribution in [2.45, 2.75) is 22.6 Å². The molecule has 0 unspecified atom stereocenters. The summed E-state index contributed by atoms with van der Waals surface area (Å²) in [6.07, 6.45) is -4.48. The Morgan fingerprint density at radius 3 is 2.43 bits per heavy atom. The van der Waals surface area contributed by atoms with Gasteiger partial charge in [0.25, 0.3) is 0 Å². The summed E-state index contributed by atoms with van der Waals surface area (Å²) in [5.41, 5.74) is -0.531. The van der Waals surface area contributed by atoms with Crippen LogP contribution in [-0.2, 0) is 12.8 Å². The molecule has 0 aliphatic heterocycles. The molecule has 1 N–H and O–H groups in total. The average molecular weight is 314 g/mol. The molecular formula is C15H13F3O2S. The summed E-state index contributed by atoms with van der Waals surface area (Å²) in [6.45, 7) is -0.428. The summed E-state index contributed by atoms with van der Waals surface area (Å²) in [6, 6.07) is 10.7. The first-order valence-electron chi connectivity index (χ1n) is 6.07. The Balaban J connectivity index is 2.44. The van der Waals surface area contributed by atoms with Gasteiger partial charge in [0, 0.05) is 4.90 Å². The van der Waals surface area contributed by atoms with Crippen molar-refractivity contribution in [3.63, 3.8) is 0 Å². The third kappa shape index (κ3) is 3.71. The maximum absolute atomic E-state index is 13.1. The molecule has 6 heteroatoms. The zero-order valence-corrected chi connectivity index (χ0v) is 12.0. The highest BCUT2D eigenvalue weighted by Crippen LogP contribution is 2.42. The van der Waals surface area contributed by atoms with Crippen LogP contribution in [0.25, 0.3) is 0 Å². The lowest BCUT2D eigenvalue weighted by Crippen LogP contribution is -2.07. The van der Waals surface area contributed by atoms with Crippen LogP contribution in [0.2, 0.25) is 0 Å². The molecule has 2 aromatic carbocycles. The highest BCUT2D eigenvalue weighted by atomic mass is 32.2. The minimum atomic E-state index is -4.48. The largest absolute Gasteiger partial charge is 0.496 e. The van der Waals surface area contributed by atoms with E-state index >= 15 is 0 Å². The Morgan fingerprint density at radius 2 is 1.81 bits per heavy atom. The van der Waals surface area contributed by atoms with E-state index in [1.54, 1.807) is 24.3 Å². The van der Waals surface area contributed by atoms with Crippen molar-refractivity contribution in [2.24, 2.45) is 0 Å². The Morgan fingerprint density at radius 1 is 1.10 bits per heavy atom. The fourth-order valence-electron chi connectivity index (χ4n) is 1.81. The highest BCUT2D eigenvalue weighted by Gasteiger charge is 2.34. The first kappa shape index (κ1) is 15.7. The van der Waals surface area contributed by atoms with E-state index < -0.39 is 18.3 Å². The number of aliphatic hydroxyl groups excluding tert-OH is 1. The summed E-state index contributed by atoms with van der Waals surface area (Å²) in [4.78, 5) is 0.673. The van der Waals surface area contributed by atoms with Gasteiger partial charge in [-0.05, 0) is 29.8 Å². The minimum Gasteiger partial charge on any atom is -0.496 e. The van der Waals surface area contributed by atoms with E-state index in [4.69, 9.17) is 9.84 Å². The lowest BCUT2D eigenvalue weighted by Gasteiger charge is -2.15. The number of aliphatic hydroxyl groups is 1. The van der Waals surface area contributed by atoms with E-state index in [-0.39, 0.29) is 10.5 Å². The van der Waals surface area contributed by atoms with Crippen LogP contribution in [0.4, 0.5) is 13.2 Å². The van der Waals surface area contributed by atoms with E-state index in [0.29, 0.717) is 10.6 Å². The van der Waals surface area contributed by atoms with Gasteiger partial charge in [-0.15, -0.1) is 0 Å². The summed E-state index contributed by atoms with van der Waals surface area (Å²) in [5, 5.41) is 9.00. The van der Waals surface area contributed by atoms with E-state index in [1.807, 2.05) is 0 Å². The number of alkyl halides is 3. The summed E-state index contributed by atoms with van der Waals surface area (Å²) < 4.78 is 44.5. The molecular weight excluding hydrogens is 301 g/mol. The number of rotatable bonds is 4. The predicted octanol–water partition coefficient (Wildman–Crippen LogP) is 4.36. The van der Waals surface area contributed by atoms with Crippen molar-refractivity contribution in [3.05, 3.63) is 53.6 Å². The van der Waals surface area contributed by atoms with E-state index in [0.717, 1.165) is 17.8 Å². The predicted molar refractivity (Wildman–Crippen MR) is 74.5 cm³/mol. The van der Waals surface area contributed by atoms with Crippen LogP contribution < -0.4 is 4.74 Å². The lowest BCUT2D eigenvalue weighted by molar-refractivity contribution is -0.139. The van der Waals surface area contributed by atoms with Crippen LogP contribution in [0.1, 0.15) is 11.1 Å². The lowest BCUT2D eigenvalue weighted by atomic mass is 10.1. The van der Waals surface area contributed by atoms with Crippen LogP contribution >= 0.6 is 11.8 Å². The number of ether oxygens (including phenoxy) is 1. The Labute approximate surface area is 124 Å². The van der Waals surface area contributed by atoms with Crippen LogP contribution in [0.5, 0.6) is 5.75 Å². The smallest absolute Gasteiger partial charge is 0.417 e. The third-order valence-corrected chi connectivity index (χ3v) is 3.95. The van der Waals surface area contributed by atoms with E-state index in [2.05, 4.69) is 0 Å². The topological polar surface area (TPSA) is 29.5 Å². The van der Waals surface area contributed by atoms with Gasteiger partial charge in [-0.2, -0.15) is 13.2 Å². The molecule has 0 aliphatic carbocycles. The molecule has 0 amide bonds. The zero-order chi connectivity index (χ0) is 15.5. The molecule has 0 spiro atoms. The molecule has 0 bridgehead atoms. The second-order valence-corrected chi connectivity index (χ2v) is 5.32. The van der Waals surface area contributed by atoms with Crippen molar-refractivity contribution in [3.8, 4) is 5.75 Å². The van der Waals surface area contributed by atoms with Gasteiger partial charge in [-0.1, -0.05) is 30.0 Å². The third-order valence-electron chi connectivity index (χ3n) is 2.82. The maximum Gasteiger partial charge on any atom is 0.417 e. The van der Waals surface area contributed by atoms with Crippen molar-refractivity contribution >= 4 is 11.8 Å². The molecule has 2 rings (SSSR count). The summed E-state index contributed by atoms with van der Waals surface area (Å²) in [5.74, 6) is 0.516. The zero-order valence-electron chi connectivity index (χ0n) is 11.1. The van der Waals surface area contributed by atoms with Gasteiger partial charge in [0.1, 0.15) is 5.75 Å². The molecule has 0 aliphatic rings. The average Bonchev–Trinajstić information content (AvgIpc) is 2.47. The van der Waals surface area contributed by atoms with Crippen LogP contribution in [0.3, 0.4) is 0 Å². The van der Waals surface area contributed by atoms with Crippen molar-refractivity contribution in [1.82, 2.24) is 0 Å². The Kier molecular flexibility index (Phi) is 4.80. The normalized spacial score (nSPS) is 11.5. The fourth-order valence-corrected chi connectivity index (χ4v) is 2.86. The van der Waals surface area contributed by atoms with Crippen LogP contribution in [0, 0.1) is 0 Å². The maximum atomic E-state index is 13.1. The standard InChI is InChI=1S/C15H13F3O2S/c1-20-12-4-2-3-5-14(12)21-13-7-6-10(9-19)8-11(13)15(16,17)18/h2-8,19H,9H2,1H3. The van der Waals surface area contributed by atoms with Gasteiger partial charge in [-0.3, -0.25) is 0 Å². The Hall–Kier alpha value is -1.66. The van der Waals surface area contributed by atoms with Gasteiger partial charge in [0.2, 0.25) is 0 Å². The number of para-hydroxylation sites is 1. The molecule has 0 saturated carbocycles. The molecule has 0 saturated heterocycles. The molecule has 2 aromatic rings. The van der Waals surface area contributed by atoms with Gasteiger partial charge >= 0.3 is 6.18 Å². The SMILES string of the molecule is COc1ccccc1Sc1ccc(CO)cc1C(F)(F)F. The Bertz CT molecular complexity index is 627. The molecule has 0 fully saturated rings. The van der Waals surface area contributed by atoms with E-state index in [9.17, 15) is 13.2 Å². The second kappa shape index (κ2) is 6.41. The number of methoxy groups -OCH3 is 1. The summed E-state index contributed by atoms with van der Waals surface area (Å²) >= 11 is 0.985. The van der Waals surface area contributed by atoms with Crippen LogP contribution in [0.15, 0.2) is 52.3 Å². The first-order chi connectivity index (χ1) is 9.95. The molecule has 0 aromatic heterocycles. The first-order valence-corrected chi connectivity index (χ1v) is 6.89. The number of hydrogen-bond acceptors (Lipinski definition) is 3. The van der Waals surface area contributed by atoms with Crippen molar-refractivity contribution in [2.75, 3.05) is 7.11 Å². The van der Waals surface area contributed by atoms with Gasteiger partial charge in [-0.25, -0.2) is 0 Å². The van der Waals surface area contributed by atoms with Crippen LogP contribution in [-0.4, -0.2) is 12.2 Å². The monoisotopic (exact) mass is 314 g/mol. The molecule has 112 valence electrons. The van der Waals surface area contributed by atoms with Gasteiger partial charge in [0.05, 0.1) is 24.2 Å². The molecule has 2 nitrogen and oxygen atoms in total. The number of benzene rings is 2. The van der Waals surface area contributed by atoms with E-state index in [1.165, 1.54) is 19.2 Å². The van der Waals surface area contributed by atoms with Crippen molar-refractivity contribution in [1.29, 1.82) is 0 Å². The molecule has 0 heterocycles.